The first kappa shape index (κ1) is 20.0. The van der Waals surface area contributed by atoms with Gasteiger partial charge in [-0.15, -0.1) is 0 Å². The van der Waals surface area contributed by atoms with Gasteiger partial charge in [0.2, 0.25) is 15.9 Å². The number of sulfonamides is 1. The highest BCUT2D eigenvalue weighted by Crippen LogP contribution is 2.28. The first-order valence-electron chi connectivity index (χ1n) is 9.57. The molecule has 1 aliphatic rings. The van der Waals surface area contributed by atoms with Crippen LogP contribution >= 0.6 is 11.5 Å². The molecule has 0 radical (unpaired) electrons. The number of hydrogen-bond donors (Lipinski definition) is 1. The summed E-state index contributed by atoms with van der Waals surface area (Å²) >= 11 is 1.41. The molecule has 152 valence electrons. The summed E-state index contributed by atoms with van der Waals surface area (Å²) in [6.07, 6.45) is 3.11. The number of aryl methyl sites for hydroxylation is 2. The summed E-state index contributed by atoms with van der Waals surface area (Å²) in [5, 5.41) is 3.92. The summed E-state index contributed by atoms with van der Waals surface area (Å²) in [6.45, 7) is 4.32. The molecule has 0 unspecified atom stereocenters. The molecule has 1 aromatic heterocycles. The lowest BCUT2D eigenvalue weighted by molar-refractivity contribution is -0.120. The van der Waals surface area contributed by atoms with Crippen molar-refractivity contribution < 1.29 is 13.2 Å². The number of piperidine rings is 1. The van der Waals surface area contributed by atoms with Crippen molar-refractivity contribution >= 4 is 43.2 Å². The van der Waals surface area contributed by atoms with E-state index < -0.39 is 10.0 Å². The number of nitrogens with zero attached hydrogens (tertiary/aromatic N) is 2. The summed E-state index contributed by atoms with van der Waals surface area (Å²) in [5.74, 6) is -0.520. The van der Waals surface area contributed by atoms with Crippen LogP contribution in [0.25, 0.3) is 10.1 Å². The first-order chi connectivity index (χ1) is 13.8. The molecule has 1 saturated heterocycles. The molecule has 4 rings (SSSR count). The van der Waals surface area contributed by atoms with Crippen molar-refractivity contribution in [3.05, 3.63) is 53.7 Å². The molecule has 3 aromatic rings. The maximum absolute atomic E-state index is 13.2. The molecule has 1 amide bonds. The number of anilines is 1. The van der Waals surface area contributed by atoms with Crippen molar-refractivity contribution in [1.82, 2.24) is 8.68 Å². The zero-order valence-electron chi connectivity index (χ0n) is 16.4. The van der Waals surface area contributed by atoms with E-state index in [1.165, 1.54) is 15.8 Å². The molecule has 2 aromatic carbocycles. The van der Waals surface area contributed by atoms with Crippen molar-refractivity contribution in [2.45, 2.75) is 31.6 Å². The number of amides is 1. The van der Waals surface area contributed by atoms with Gasteiger partial charge in [0.25, 0.3) is 0 Å². The van der Waals surface area contributed by atoms with Crippen LogP contribution in [0.4, 0.5) is 5.69 Å². The Kier molecular flexibility index (Phi) is 5.42. The van der Waals surface area contributed by atoms with Gasteiger partial charge >= 0.3 is 0 Å². The second-order valence-electron chi connectivity index (χ2n) is 7.54. The van der Waals surface area contributed by atoms with Crippen LogP contribution in [0.1, 0.15) is 24.0 Å². The van der Waals surface area contributed by atoms with Gasteiger partial charge in [0.15, 0.2) is 0 Å². The van der Waals surface area contributed by atoms with E-state index in [2.05, 4.69) is 9.69 Å². The molecule has 29 heavy (non-hydrogen) atoms. The Hall–Kier alpha value is -2.29. The fourth-order valence-electron chi connectivity index (χ4n) is 3.69. The van der Waals surface area contributed by atoms with Gasteiger partial charge in [-0.3, -0.25) is 4.79 Å². The van der Waals surface area contributed by atoms with Crippen LogP contribution in [0.5, 0.6) is 0 Å². The first-order valence-corrected chi connectivity index (χ1v) is 11.8. The van der Waals surface area contributed by atoms with Crippen LogP contribution in [0, 0.1) is 19.8 Å². The quantitative estimate of drug-likeness (QED) is 0.681. The Bertz CT molecular complexity index is 1170. The van der Waals surface area contributed by atoms with Gasteiger partial charge in [-0.1, -0.05) is 12.1 Å². The van der Waals surface area contributed by atoms with Crippen LogP contribution < -0.4 is 5.32 Å². The van der Waals surface area contributed by atoms with E-state index in [4.69, 9.17) is 0 Å². The van der Waals surface area contributed by atoms with Crippen molar-refractivity contribution in [3.63, 3.8) is 0 Å². The third-order valence-electron chi connectivity index (χ3n) is 5.34. The van der Waals surface area contributed by atoms with Crippen molar-refractivity contribution in [1.29, 1.82) is 0 Å². The van der Waals surface area contributed by atoms with E-state index in [9.17, 15) is 13.2 Å². The second-order valence-corrected chi connectivity index (χ2v) is 10.3. The SMILES string of the molecule is Cc1ccc(C)c(S(=O)(=O)N2CCC[C@H](C(=O)Nc3ccc4sncc4c3)C2)c1. The van der Waals surface area contributed by atoms with Crippen LogP contribution in [0.3, 0.4) is 0 Å². The Morgan fingerprint density at radius 3 is 2.86 bits per heavy atom. The summed E-state index contributed by atoms with van der Waals surface area (Å²) < 4.78 is 33.0. The number of carbonyl (C=O) groups is 1. The highest BCUT2D eigenvalue weighted by Gasteiger charge is 2.34. The van der Waals surface area contributed by atoms with E-state index in [0.717, 1.165) is 21.2 Å². The topological polar surface area (TPSA) is 79.4 Å². The molecule has 1 atom stereocenters. The number of fused-ring (bicyclic) bond motifs is 1. The fourth-order valence-corrected chi connectivity index (χ4v) is 6.15. The van der Waals surface area contributed by atoms with Crippen molar-refractivity contribution in [2.75, 3.05) is 18.4 Å². The van der Waals surface area contributed by atoms with Gasteiger partial charge in [0.1, 0.15) is 0 Å². The maximum Gasteiger partial charge on any atom is 0.243 e. The normalized spacial score (nSPS) is 18.1. The second kappa shape index (κ2) is 7.85. The number of hydrogen-bond acceptors (Lipinski definition) is 5. The van der Waals surface area contributed by atoms with Crippen LogP contribution in [0.2, 0.25) is 0 Å². The summed E-state index contributed by atoms with van der Waals surface area (Å²) in [5.41, 5.74) is 2.33. The molecule has 0 spiro atoms. The highest BCUT2D eigenvalue weighted by molar-refractivity contribution is 7.89. The molecule has 1 fully saturated rings. The Morgan fingerprint density at radius 2 is 2.03 bits per heavy atom. The van der Waals surface area contributed by atoms with Gasteiger partial charge in [-0.25, -0.2) is 8.42 Å². The number of benzene rings is 2. The minimum Gasteiger partial charge on any atom is -0.326 e. The average Bonchev–Trinajstić information content (AvgIpc) is 3.17. The maximum atomic E-state index is 13.2. The molecule has 0 aliphatic carbocycles. The summed E-state index contributed by atoms with van der Waals surface area (Å²) in [4.78, 5) is 13.2. The lowest BCUT2D eigenvalue weighted by atomic mass is 9.98. The Labute approximate surface area is 174 Å². The predicted octanol–water partition coefficient (Wildman–Crippen LogP) is 3.95. The molecule has 8 heteroatoms. The largest absolute Gasteiger partial charge is 0.326 e. The minimum atomic E-state index is -3.63. The molecule has 1 N–H and O–H groups in total. The lowest BCUT2D eigenvalue weighted by Gasteiger charge is -2.31. The van der Waals surface area contributed by atoms with Crippen LogP contribution in [-0.2, 0) is 14.8 Å². The molecule has 0 bridgehead atoms. The highest BCUT2D eigenvalue weighted by atomic mass is 32.2. The van der Waals surface area contributed by atoms with Gasteiger partial charge < -0.3 is 5.32 Å². The van der Waals surface area contributed by atoms with Crippen molar-refractivity contribution in [3.8, 4) is 0 Å². The van der Waals surface area contributed by atoms with Crippen LogP contribution in [-0.4, -0.2) is 36.1 Å². The third-order valence-corrected chi connectivity index (χ3v) is 8.12. The van der Waals surface area contributed by atoms with E-state index in [1.54, 1.807) is 19.2 Å². The predicted molar refractivity (Wildman–Crippen MR) is 116 cm³/mol. The van der Waals surface area contributed by atoms with E-state index in [-0.39, 0.29) is 18.4 Å². The molecular formula is C21H23N3O3S2. The van der Waals surface area contributed by atoms with Gasteiger partial charge in [0, 0.05) is 30.4 Å². The van der Waals surface area contributed by atoms with E-state index in [1.807, 2.05) is 37.3 Å². The monoisotopic (exact) mass is 429 g/mol. The molecular weight excluding hydrogens is 406 g/mol. The average molecular weight is 430 g/mol. The third kappa shape index (κ3) is 4.05. The van der Waals surface area contributed by atoms with Gasteiger partial charge in [-0.2, -0.15) is 8.68 Å². The Balaban J connectivity index is 1.51. The lowest BCUT2D eigenvalue weighted by Crippen LogP contribution is -2.43. The zero-order chi connectivity index (χ0) is 20.6. The summed E-state index contributed by atoms with van der Waals surface area (Å²) in [7, 11) is -3.63. The zero-order valence-corrected chi connectivity index (χ0v) is 18.0. The Morgan fingerprint density at radius 1 is 1.21 bits per heavy atom. The number of carbonyl (C=O) groups excluding carboxylic acids is 1. The number of rotatable bonds is 4. The standard InChI is InChI=1S/C21H23N3O3S2/c1-14-5-6-15(2)20(10-14)29(26,27)24-9-3-4-16(13-24)21(25)23-18-7-8-19-17(11-18)12-22-28-19/h5-8,10-12,16H,3-4,9,13H2,1-2H3,(H,23,25)/t16-/m0/s1. The molecule has 6 nitrogen and oxygen atoms in total. The van der Waals surface area contributed by atoms with Gasteiger partial charge in [0.05, 0.1) is 15.5 Å². The summed E-state index contributed by atoms with van der Waals surface area (Å²) in [6, 6.07) is 11.1. The fraction of sp³-hybridized carbons (Fsp3) is 0.333. The van der Waals surface area contributed by atoms with E-state index in [0.29, 0.717) is 30.0 Å². The molecule has 0 saturated carbocycles. The minimum absolute atomic E-state index is 0.145. The number of aromatic nitrogens is 1. The van der Waals surface area contributed by atoms with E-state index >= 15 is 0 Å². The van der Waals surface area contributed by atoms with Crippen LogP contribution in [0.15, 0.2) is 47.5 Å². The smallest absolute Gasteiger partial charge is 0.243 e. The number of nitrogens with one attached hydrogen (secondary N) is 1. The molecule has 1 aliphatic heterocycles. The van der Waals surface area contributed by atoms with Crippen molar-refractivity contribution in [2.24, 2.45) is 5.92 Å². The molecule has 2 heterocycles. The van der Waals surface area contributed by atoms with Gasteiger partial charge in [-0.05, 0) is 73.6 Å².